The summed E-state index contributed by atoms with van der Waals surface area (Å²) in [5, 5.41) is 22.9. The van der Waals surface area contributed by atoms with E-state index in [1.54, 1.807) is 13.1 Å². The van der Waals surface area contributed by atoms with Crippen molar-refractivity contribution in [2.45, 2.75) is 13.0 Å². The first kappa shape index (κ1) is 20.7. The van der Waals surface area contributed by atoms with E-state index in [1.165, 1.54) is 36.1 Å². The van der Waals surface area contributed by atoms with Crippen LogP contribution in [0.4, 0.5) is 5.69 Å². The largest absolute Gasteiger partial charge is 0.493 e. The van der Waals surface area contributed by atoms with Gasteiger partial charge in [-0.2, -0.15) is 5.10 Å². The zero-order valence-corrected chi connectivity index (χ0v) is 17.0. The lowest BCUT2D eigenvalue weighted by Gasteiger charge is -2.08. The van der Waals surface area contributed by atoms with Crippen molar-refractivity contribution in [1.82, 2.24) is 20.0 Å². The predicted molar refractivity (Wildman–Crippen MR) is 110 cm³/mol. The maximum absolute atomic E-state index is 12.7. The number of ether oxygens (including phenoxy) is 2. The van der Waals surface area contributed by atoms with Gasteiger partial charge in [-0.3, -0.25) is 10.1 Å². The summed E-state index contributed by atoms with van der Waals surface area (Å²) >= 11 is 0. The molecule has 4 rings (SSSR count). The van der Waals surface area contributed by atoms with E-state index in [4.69, 9.17) is 13.9 Å². The number of benzene rings is 2. The number of nitro benzene ring substituents is 1. The van der Waals surface area contributed by atoms with Crippen LogP contribution in [0.1, 0.15) is 29.4 Å². The number of methoxy groups -OCH3 is 1. The summed E-state index contributed by atoms with van der Waals surface area (Å²) in [5.41, 5.74) is 1.19. The molecule has 11 nitrogen and oxygen atoms in total. The molecule has 0 saturated carbocycles. The van der Waals surface area contributed by atoms with Crippen molar-refractivity contribution in [3.63, 3.8) is 0 Å². The maximum Gasteiger partial charge on any atom is 0.363 e. The number of carbonyl (C=O) groups excluding carboxylic acids is 1. The summed E-state index contributed by atoms with van der Waals surface area (Å²) in [6.07, 6.45) is 0.712. The molecule has 32 heavy (non-hydrogen) atoms. The molecule has 0 amide bonds. The third kappa shape index (κ3) is 4.17. The Morgan fingerprint density at radius 3 is 2.50 bits per heavy atom. The number of esters is 1. The molecule has 0 aliphatic rings. The Hall–Kier alpha value is -4.54. The SMILES string of the molecule is COc1cn(-c2ccccc2)nc1C(=O)OC(C)c1nnc(-c2ccc([N+](=O)[O-])cc2)o1. The maximum atomic E-state index is 12.7. The molecule has 0 saturated heterocycles. The normalized spacial score (nSPS) is 11.7. The average Bonchev–Trinajstić information content (AvgIpc) is 3.47. The fourth-order valence-electron chi connectivity index (χ4n) is 2.87. The number of nitro groups is 1. The molecule has 0 spiro atoms. The van der Waals surface area contributed by atoms with Crippen LogP contribution in [-0.4, -0.2) is 38.0 Å². The van der Waals surface area contributed by atoms with E-state index in [9.17, 15) is 14.9 Å². The molecule has 4 aromatic rings. The standard InChI is InChI=1S/C21H17N5O6/c1-13(19-22-23-20(32-19)14-8-10-16(11-9-14)26(28)29)31-21(27)18-17(30-2)12-25(24-18)15-6-4-3-5-7-15/h3-13H,1-2H3. The number of aromatic nitrogens is 4. The molecule has 1 atom stereocenters. The first-order valence-corrected chi connectivity index (χ1v) is 9.44. The predicted octanol–water partition coefficient (Wildman–Crippen LogP) is 3.76. The minimum Gasteiger partial charge on any atom is -0.493 e. The molecular formula is C21H17N5O6. The topological polar surface area (TPSA) is 135 Å². The third-order valence-corrected chi connectivity index (χ3v) is 4.51. The summed E-state index contributed by atoms with van der Waals surface area (Å²) < 4.78 is 17.8. The van der Waals surface area contributed by atoms with Crippen molar-refractivity contribution in [3.8, 4) is 22.9 Å². The van der Waals surface area contributed by atoms with Gasteiger partial charge in [0.25, 0.3) is 11.6 Å². The summed E-state index contributed by atoms with van der Waals surface area (Å²) in [6, 6.07) is 14.9. The summed E-state index contributed by atoms with van der Waals surface area (Å²) in [7, 11) is 1.43. The fraction of sp³-hybridized carbons (Fsp3) is 0.143. The summed E-state index contributed by atoms with van der Waals surface area (Å²) in [5.74, 6) is -0.265. The molecule has 0 aliphatic heterocycles. The lowest BCUT2D eigenvalue weighted by molar-refractivity contribution is -0.384. The second-order valence-corrected chi connectivity index (χ2v) is 6.62. The van der Waals surface area contributed by atoms with Crippen molar-refractivity contribution in [1.29, 1.82) is 0 Å². The number of rotatable bonds is 7. The highest BCUT2D eigenvalue weighted by molar-refractivity contribution is 5.90. The van der Waals surface area contributed by atoms with Gasteiger partial charge in [0.05, 0.1) is 23.9 Å². The number of carbonyl (C=O) groups is 1. The van der Waals surface area contributed by atoms with Crippen LogP contribution in [0.2, 0.25) is 0 Å². The average molecular weight is 435 g/mol. The Labute approximate surface area is 181 Å². The van der Waals surface area contributed by atoms with Crippen LogP contribution >= 0.6 is 0 Å². The van der Waals surface area contributed by atoms with Crippen molar-refractivity contribution < 1.29 is 23.6 Å². The number of para-hydroxylation sites is 1. The van der Waals surface area contributed by atoms with Gasteiger partial charge in [0, 0.05) is 17.7 Å². The van der Waals surface area contributed by atoms with Crippen LogP contribution in [0, 0.1) is 10.1 Å². The highest BCUT2D eigenvalue weighted by Gasteiger charge is 2.25. The highest BCUT2D eigenvalue weighted by atomic mass is 16.6. The van der Waals surface area contributed by atoms with E-state index < -0.39 is 17.0 Å². The van der Waals surface area contributed by atoms with Crippen LogP contribution in [-0.2, 0) is 4.74 Å². The lowest BCUT2D eigenvalue weighted by Crippen LogP contribution is -2.11. The third-order valence-electron chi connectivity index (χ3n) is 4.51. The monoisotopic (exact) mass is 435 g/mol. The Morgan fingerprint density at radius 1 is 1.12 bits per heavy atom. The second kappa shape index (κ2) is 8.68. The molecule has 0 aliphatic carbocycles. The van der Waals surface area contributed by atoms with Gasteiger partial charge in [0.1, 0.15) is 0 Å². The van der Waals surface area contributed by atoms with E-state index in [0.717, 1.165) is 5.69 Å². The van der Waals surface area contributed by atoms with Crippen LogP contribution in [0.25, 0.3) is 17.1 Å². The molecule has 0 bridgehead atoms. The molecule has 0 radical (unpaired) electrons. The molecule has 0 N–H and O–H groups in total. The minimum atomic E-state index is -0.867. The smallest absolute Gasteiger partial charge is 0.363 e. The van der Waals surface area contributed by atoms with Gasteiger partial charge in [-0.25, -0.2) is 9.48 Å². The van der Waals surface area contributed by atoms with Crippen molar-refractivity contribution >= 4 is 11.7 Å². The van der Waals surface area contributed by atoms with E-state index >= 15 is 0 Å². The van der Waals surface area contributed by atoms with Gasteiger partial charge in [-0.15, -0.1) is 10.2 Å². The molecule has 162 valence electrons. The van der Waals surface area contributed by atoms with Crippen LogP contribution < -0.4 is 4.74 Å². The second-order valence-electron chi connectivity index (χ2n) is 6.62. The molecule has 2 heterocycles. The lowest BCUT2D eigenvalue weighted by atomic mass is 10.2. The van der Waals surface area contributed by atoms with E-state index in [-0.39, 0.29) is 28.9 Å². The Balaban J connectivity index is 1.50. The van der Waals surface area contributed by atoms with Crippen molar-refractivity contribution in [2.24, 2.45) is 0 Å². The van der Waals surface area contributed by atoms with Gasteiger partial charge in [0.15, 0.2) is 11.9 Å². The number of hydrogen-bond acceptors (Lipinski definition) is 9. The van der Waals surface area contributed by atoms with Crippen LogP contribution in [0.3, 0.4) is 0 Å². The first-order chi connectivity index (χ1) is 15.5. The molecule has 1 unspecified atom stereocenters. The fourth-order valence-corrected chi connectivity index (χ4v) is 2.87. The zero-order chi connectivity index (χ0) is 22.7. The Kier molecular flexibility index (Phi) is 5.62. The summed E-state index contributed by atoms with van der Waals surface area (Å²) in [6.45, 7) is 1.58. The Morgan fingerprint density at radius 2 is 1.84 bits per heavy atom. The van der Waals surface area contributed by atoms with E-state index in [0.29, 0.717) is 5.56 Å². The molecule has 11 heteroatoms. The molecule has 2 aromatic carbocycles. The number of nitrogens with zero attached hydrogens (tertiary/aromatic N) is 5. The summed E-state index contributed by atoms with van der Waals surface area (Å²) in [4.78, 5) is 23.0. The van der Waals surface area contributed by atoms with Gasteiger partial charge in [0.2, 0.25) is 11.6 Å². The van der Waals surface area contributed by atoms with Crippen LogP contribution in [0.15, 0.2) is 65.2 Å². The molecule has 2 aromatic heterocycles. The zero-order valence-electron chi connectivity index (χ0n) is 17.0. The molecule has 0 fully saturated rings. The molecular weight excluding hydrogens is 418 g/mol. The minimum absolute atomic E-state index is 0.00156. The van der Waals surface area contributed by atoms with Crippen molar-refractivity contribution in [2.75, 3.05) is 7.11 Å². The van der Waals surface area contributed by atoms with Gasteiger partial charge in [-0.05, 0) is 31.2 Å². The highest BCUT2D eigenvalue weighted by Crippen LogP contribution is 2.26. The van der Waals surface area contributed by atoms with Gasteiger partial charge in [-0.1, -0.05) is 18.2 Å². The number of non-ortho nitro benzene ring substituents is 1. The van der Waals surface area contributed by atoms with Gasteiger partial charge < -0.3 is 13.9 Å². The van der Waals surface area contributed by atoms with Crippen molar-refractivity contribution in [3.05, 3.63) is 82.5 Å². The van der Waals surface area contributed by atoms with Crippen LogP contribution in [0.5, 0.6) is 5.75 Å². The van der Waals surface area contributed by atoms with E-state index in [1.807, 2.05) is 30.3 Å². The van der Waals surface area contributed by atoms with Gasteiger partial charge >= 0.3 is 5.97 Å². The number of hydrogen-bond donors (Lipinski definition) is 0. The Bertz CT molecular complexity index is 1250. The van der Waals surface area contributed by atoms with E-state index in [2.05, 4.69) is 15.3 Å². The quantitative estimate of drug-likeness (QED) is 0.241. The first-order valence-electron chi connectivity index (χ1n) is 9.44.